The number of hydrogen-bond donors (Lipinski definition) is 14. The molecule has 4 fully saturated rings. The predicted molar refractivity (Wildman–Crippen MR) is 346 cm³/mol. The molecule has 1 aromatic heterocycles. The molecule has 1 unspecified atom stereocenters. The minimum absolute atomic E-state index is 0.00439. The lowest BCUT2D eigenvalue weighted by Gasteiger charge is -2.36. The molecular formula is C64H91N13O16S. The van der Waals surface area contributed by atoms with Crippen molar-refractivity contribution >= 4 is 58.4 Å². The number of piperazine rings is 1. The zero-order chi connectivity index (χ0) is 67.8. The lowest BCUT2D eigenvalue weighted by molar-refractivity contribution is -0.147. The molecule has 29 nitrogen and oxygen atoms in total. The van der Waals surface area contributed by atoms with Crippen molar-refractivity contribution in [3.63, 3.8) is 0 Å². The summed E-state index contributed by atoms with van der Waals surface area (Å²) >= 11 is 1.35. The molecule has 4 aromatic rings. The number of rotatable bonds is 23. The summed E-state index contributed by atoms with van der Waals surface area (Å²) in [6.07, 6.45) is -5.89. The summed E-state index contributed by atoms with van der Waals surface area (Å²) < 4.78 is 10.7. The van der Waals surface area contributed by atoms with Gasteiger partial charge >= 0.3 is 0 Å². The summed E-state index contributed by atoms with van der Waals surface area (Å²) in [7, 11) is 1.74. The molecule has 4 aliphatic heterocycles. The quantitative estimate of drug-likeness (QED) is 0.0355. The molecule has 16 N–H and O–H groups in total. The van der Waals surface area contributed by atoms with Gasteiger partial charge in [0.15, 0.2) is 11.5 Å². The second-order valence-corrected chi connectivity index (χ2v) is 25.6. The van der Waals surface area contributed by atoms with Crippen LogP contribution < -0.4 is 47.7 Å². The van der Waals surface area contributed by atoms with Crippen molar-refractivity contribution in [2.24, 2.45) is 17.4 Å². The van der Waals surface area contributed by atoms with Gasteiger partial charge < -0.3 is 98.0 Å². The smallest absolute Gasteiger partial charge is 0.251 e. The van der Waals surface area contributed by atoms with Gasteiger partial charge in [-0.2, -0.15) is 0 Å². The van der Waals surface area contributed by atoms with Crippen molar-refractivity contribution < 1.29 is 78.8 Å². The number of carbonyl (C=O) groups is 7. The van der Waals surface area contributed by atoms with E-state index >= 15 is 0 Å². The van der Waals surface area contributed by atoms with E-state index in [1.807, 2.05) is 12.1 Å². The fourth-order valence-corrected chi connectivity index (χ4v) is 13.1. The van der Waals surface area contributed by atoms with Gasteiger partial charge in [0.1, 0.15) is 52.9 Å². The van der Waals surface area contributed by atoms with Crippen LogP contribution in [0, 0.1) is 5.92 Å². The topological polar surface area (TPSA) is 430 Å². The van der Waals surface area contributed by atoms with Gasteiger partial charge in [-0.1, -0.05) is 55.7 Å². The maximum atomic E-state index is 14.7. The first-order valence-corrected chi connectivity index (χ1v) is 33.0. The summed E-state index contributed by atoms with van der Waals surface area (Å²) in [4.78, 5) is 108. The summed E-state index contributed by atoms with van der Waals surface area (Å²) in [5.41, 5.74) is 14.3. The standard InChI is InChI=1S/C64H91N13O16S/c1-36-34-77-54(55(36)84)60(89)67-33-43(79)31-45(68-56(85)39-10-12-40(13-11-39)61-72-73-62(94-61)41-14-16-42(17-15-41)75-25-23-74(24-26-75)22-7-5-4-6-8-27-92-3)57(86)69-51(37(2)78)63(90)76-35-44(80)32-46(76)58(87)70-52(59(88)71-53(64(77)91)48(82)19-20-65)49(83)29-38-9-18-47(81)50(30-38)93-28-21-66/h9-18,30,36-37,43-46,48-49,51-55,78-84H,4-8,19-29,31-35,65-66H2,1-3H3,(H,67,89)(H,68,85)(H,69,86)(H,70,87)(H,71,88)/t36-,37+,43+,44+,45?,46-,48+,49+,51-,52-,53-,54-,55-/m0/s1. The number of amides is 7. The third-order valence-electron chi connectivity index (χ3n) is 17.5. The number of hydrogen-bond acceptors (Lipinski definition) is 23. The van der Waals surface area contributed by atoms with Gasteiger partial charge in [-0.15, -0.1) is 10.2 Å². The maximum Gasteiger partial charge on any atom is 0.251 e. The predicted octanol–water partition coefficient (Wildman–Crippen LogP) is -2.07. The molecule has 0 radical (unpaired) electrons. The number of aliphatic hydroxyl groups excluding tert-OH is 6. The van der Waals surface area contributed by atoms with Crippen molar-refractivity contribution in [2.45, 2.75) is 145 Å². The molecule has 0 aliphatic carbocycles. The number of aliphatic hydroxyl groups is 6. The van der Waals surface area contributed by atoms with Crippen LogP contribution in [0.15, 0.2) is 66.7 Å². The molecule has 5 heterocycles. The molecule has 7 amide bonds. The number of ether oxygens (including phenoxy) is 2. The van der Waals surface area contributed by atoms with Crippen molar-refractivity contribution in [1.82, 2.24) is 51.5 Å². The van der Waals surface area contributed by atoms with Crippen LogP contribution >= 0.6 is 11.3 Å². The molecule has 30 heteroatoms. The monoisotopic (exact) mass is 1330 g/mol. The lowest BCUT2D eigenvalue weighted by atomic mass is 9.98. The number of phenols is 1. The first kappa shape index (κ1) is 72.3. The second-order valence-electron chi connectivity index (χ2n) is 24.6. The van der Waals surface area contributed by atoms with Gasteiger partial charge in [0.2, 0.25) is 35.4 Å². The first-order chi connectivity index (χ1) is 45.1. The van der Waals surface area contributed by atoms with Crippen LogP contribution in [0.2, 0.25) is 0 Å². The summed E-state index contributed by atoms with van der Waals surface area (Å²) in [5, 5.41) is 102. The van der Waals surface area contributed by atoms with Gasteiger partial charge in [-0.25, -0.2) is 0 Å². The number of fused-ring (bicyclic) bond motifs is 2. The molecule has 0 saturated carbocycles. The second kappa shape index (κ2) is 34.3. The lowest BCUT2D eigenvalue weighted by Crippen LogP contribution is -2.64. The van der Waals surface area contributed by atoms with Crippen molar-refractivity contribution in [3.8, 4) is 32.6 Å². The third-order valence-corrected chi connectivity index (χ3v) is 18.6. The Morgan fingerprint density at radius 1 is 0.713 bits per heavy atom. The van der Waals surface area contributed by atoms with Gasteiger partial charge in [0.05, 0.1) is 36.6 Å². The largest absolute Gasteiger partial charge is 0.504 e. The Bertz CT molecular complexity index is 3190. The number of phenolic OH excluding ortho intramolecular Hbond substituents is 1. The number of unbranched alkanes of at least 4 members (excludes halogenated alkanes) is 4. The number of nitrogens with two attached hydrogens (primary N) is 2. The number of β-amino-alcohol motifs (C(OH)–C–C–N with tert-alkyl or cyclic N) is 1. The number of nitrogens with one attached hydrogen (secondary N) is 5. The number of benzene rings is 3. The Hall–Kier alpha value is -7.49. The molecular weight excluding hydrogens is 1240 g/mol. The van der Waals surface area contributed by atoms with Gasteiger partial charge in [0.25, 0.3) is 5.91 Å². The summed E-state index contributed by atoms with van der Waals surface area (Å²) in [5.74, 6) is -8.62. The third kappa shape index (κ3) is 18.7. The molecule has 94 heavy (non-hydrogen) atoms. The molecule has 4 saturated heterocycles. The average molecular weight is 1330 g/mol. The average Bonchev–Trinajstić information content (AvgIpc) is 1.67. The molecule has 8 rings (SSSR count). The Morgan fingerprint density at radius 3 is 2.01 bits per heavy atom. The highest BCUT2D eigenvalue weighted by Gasteiger charge is 2.50. The highest BCUT2D eigenvalue weighted by molar-refractivity contribution is 7.17. The van der Waals surface area contributed by atoms with Gasteiger partial charge in [0, 0.05) is 114 Å². The van der Waals surface area contributed by atoms with Crippen LogP contribution in [-0.2, 0) is 39.9 Å². The number of methoxy groups -OCH3 is 1. The Kier molecular flexibility index (Phi) is 26.4. The van der Waals surface area contributed by atoms with E-state index < -0.39 is 152 Å². The van der Waals surface area contributed by atoms with Crippen LogP contribution in [0.5, 0.6) is 11.5 Å². The van der Waals surface area contributed by atoms with Gasteiger partial charge in [-0.05, 0) is 93.4 Å². The molecule has 13 atom stereocenters. The van der Waals surface area contributed by atoms with E-state index in [1.165, 1.54) is 74.3 Å². The fraction of sp³-hybridized carbons (Fsp3) is 0.578. The molecule has 4 aliphatic rings. The van der Waals surface area contributed by atoms with Crippen LogP contribution in [0.4, 0.5) is 5.69 Å². The SMILES string of the molecule is COCCCCCCCN1CCN(c2ccc(-c3nnc(-c4ccc(C(=O)NC5C[C@@H](O)CNC(=O)[C@@H]6[C@@H](O)[C@@H](C)CN6C(=O)[C@H]([C@H](O)CCN)NC(=O)[C@H]([C@H](O)Cc6ccc(O)c(OCCN)c6)NC(=O)[C@@H]6C[C@@H](O)CN6C(=O)[C@H]([C@@H](C)O)NC5=O)cc4)s3)cc2)CC1. The van der Waals surface area contributed by atoms with E-state index in [9.17, 15) is 69.3 Å². The summed E-state index contributed by atoms with van der Waals surface area (Å²) in [6, 6.07) is 7.49. The number of nitrogens with zero attached hydrogens (tertiary/aromatic N) is 6. The van der Waals surface area contributed by atoms with E-state index in [0.29, 0.717) is 15.6 Å². The number of carbonyl (C=O) groups excluding carboxylic acids is 7. The summed E-state index contributed by atoms with van der Waals surface area (Å²) in [6.45, 7) is 6.87. The highest BCUT2D eigenvalue weighted by Crippen LogP contribution is 2.33. The van der Waals surface area contributed by atoms with Gasteiger partial charge in [-0.3, -0.25) is 38.5 Å². The highest BCUT2D eigenvalue weighted by atomic mass is 32.1. The molecule has 0 bridgehead atoms. The minimum atomic E-state index is -2.04. The van der Waals surface area contributed by atoms with E-state index in [1.54, 1.807) is 19.2 Å². The number of aromatic nitrogens is 2. The van der Waals surface area contributed by atoms with E-state index in [0.717, 1.165) is 73.7 Å². The molecule has 3 aromatic carbocycles. The Balaban J connectivity index is 1.01. The van der Waals surface area contributed by atoms with E-state index in [2.05, 4.69) is 58.7 Å². The van der Waals surface area contributed by atoms with E-state index in [4.69, 9.17) is 20.9 Å². The first-order valence-electron chi connectivity index (χ1n) is 32.1. The van der Waals surface area contributed by atoms with Crippen LogP contribution in [0.25, 0.3) is 21.1 Å². The molecule has 514 valence electrons. The number of anilines is 1. The fourth-order valence-electron chi connectivity index (χ4n) is 12.2. The minimum Gasteiger partial charge on any atom is -0.504 e. The Labute approximate surface area is 549 Å². The Morgan fingerprint density at radius 2 is 1.35 bits per heavy atom. The zero-order valence-electron chi connectivity index (χ0n) is 53.3. The van der Waals surface area contributed by atoms with Crippen LogP contribution in [-0.4, -0.2) is 261 Å². The maximum absolute atomic E-state index is 14.7. The van der Waals surface area contributed by atoms with E-state index in [-0.39, 0.29) is 55.3 Å². The van der Waals surface area contributed by atoms with Crippen LogP contribution in [0.3, 0.4) is 0 Å². The zero-order valence-corrected chi connectivity index (χ0v) is 54.1. The van der Waals surface area contributed by atoms with Crippen molar-refractivity contribution in [3.05, 3.63) is 77.9 Å². The molecule has 0 spiro atoms. The van der Waals surface area contributed by atoms with Crippen molar-refractivity contribution in [2.75, 3.05) is 90.7 Å². The number of aromatic hydroxyl groups is 1. The normalized spacial score (nSPS) is 25.7. The van der Waals surface area contributed by atoms with Crippen molar-refractivity contribution in [1.29, 1.82) is 0 Å². The van der Waals surface area contributed by atoms with Crippen LogP contribution in [0.1, 0.15) is 81.1 Å².